The SMILES string of the molecule is C[C@@H](N)c1cc(Br)c2c(c1)CCC2. The lowest BCUT2D eigenvalue weighted by molar-refractivity contribution is 0.814. The maximum absolute atomic E-state index is 5.86. The number of fused-ring (bicyclic) bond motifs is 1. The van der Waals surface area contributed by atoms with E-state index in [0.29, 0.717) is 0 Å². The van der Waals surface area contributed by atoms with Gasteiger partial charge in [-0.15, -0.1) is 0 Å². The molecule has 0 aliphatic heterocycles. The van der Waals surface area contributed by atoms with E-state index in [1.165, 1.54) is 40.4 Å². The molecule has 1 nitrogen and oxygen atoms in total. The van der Waals surface area contributed by atoms with Gasteiger partial charge in [-0.05, 0) is 48.9 Å². The van der Waals surface area contributed by atoms with Crippen LogP contribution in [0.15, 0.2) is 16.6 Å². The summed E-state index contributed by atoms with van der Waals surface area (Å²) in [7, 11) is 0. The molecule has 13 heavy (non-hydrogen) atoms. The fraction of sp³-hybridized carbons (Fsp3) is 0.455. The van der Waals surface area contributed by atoms with Gasteiger partial charge in [-0.1, -0.05) is 22.0 Å². The summed E-state index contributed by atoms with van der Waals surface area (Å²) in [5, 5.41) is 0. The van der Waals surface area contributed by atoms with Crippen molar-refractivity contribution in [2.75, 3.05) is 0 Å². The molecule has 0 radical (unpaired) electrons. The van der Waals surface area contributed by atoms with Crippen LogP contribution in [-0.4, -0.2) is 0 Å². The summed E-state index contributed by atoms with van der Waals surface area (Å²) in [6.45, 7) is 2.03. The van der Waals surface area contributed by atoms with Gasteiger partial charge in [-0.25, -0.2) is 0 Å². The number of halogens is 1. The van der Waals surface area contributed by atoms with Gasteiger partial charge in [0.25, 0.3) is 0 Å². The molecule has 0 aromatic heterocycles. The van der Waals surface area contributed by atoms with Gasteiger partial charge in [0.05, 0.1) is 0 Å². The molecule has 1 aromatic rings. The third-order valence-electron chi connectivity index (χ3n) is 2.71. The molecule has 1 atom stereocenters. The summed E-state index contributed by atoms with van der Waals surface area (Å²) in [5.41, 5.74) is 10.1. The Morgan fingerprint density at radius 3 is 2.85 bits per heavy atom. The topological polar surface area (TPSA) is 26.0 Å². The standard InChI is InChI=1S/C11H14BrN/c1-7(13)9-5-8-3-2-4-10(8)11(12)6-9/h5-7H,2-4,13H2,1H3/t7-/m1/s1. The molecule has 1 aromatic carbocycles. The highest BCUT2D eigenvalue weighted by Gasteiger charge is 2.15. The molecule has 2 rings (SSSR count). The van der Waals surface area contributed by atoms with Crippen molar-refractivity contribution in [1.82, 2.24) is 0 Å². The summed E-state index contributed by atoms with van der Waals surface area (Å²) in [4.78, 5) is 0. The molecular weight excluding hydrogens is 226 g/mol. The van der Waals surface area contributed by atoms with Crippen LogP contribution in [0.3, 0.4) is 0 Å². The molecule has 0 saturated heterocycles. The predicted octanol–water partition coefficient (Wildman–Crippen LogP) is 2.96. The van der Waals surface area contributed by atoms with Crippen LogP contribution >= 0.6 is 15.9 Å². The van der Waals surface area contributed by atoms with Crippen LogP contribution in [0.5, 0.6) is 0 Å². The van der Waals surface area contributed by atoms with Crippen molar-refractivity contribution in [3.63, 3.8) is 0 Å². The van der Waals surface area contributed by atoms with E-state index in [1.54, 1.807) is 0 Å². The quantitative estimate of drug-likeness (QED) is 0.802. The van der Waals surface area contributed by atoms with Crippen molar-refractivity contribution < 1.29 is 0 Å². The van der Waals surface area contributed by atoms with Crippen molar-refractivity contribution >= 4 is 15.9 Å². The summed E-state index contributed by atoms with van der Waals surface area (Å²) >= 11 is 3.61. The second-order valence-electron chi connectivity index (χ2n) is 3.78. The average Bonchev–Trinajstić information content (AvgIpc) is 2.51. The van der Waals surface area contributed by atoms with E-state index in [4.69, 9.17) is 5.73 Å². The van der Waals surface area contributed by atoms with Gasteiger partial charge >= 0.3 is 0 Å². The molecule has 2 heteroatoms. The Morgan fingerprint density at radius 2 is 2.15 bits per heavy atom. The largest absolute Gasteiger partial charge is 0.324 e. The molecular formula is C11H14BrN. The Labute approximate surface area is 87.5 Å². The molecule has 70 valence electrons. The minimum atomic E-state index is 0.141. The lowest BCUT2D eigenvalue weighted by atomic mass is 10.0. The first-order valence-electron chi connectivity index (χ1n) is 4.75. The number of aryl methyl sites for hydroxylation is 1. The maximum atomic E-state index is 5.86. The summed E-state index contributed by atoms with van der Waals surface area (Å²) in [6.07, 6.45) is 3.72. The van der Waals surface area contributed by atoms with Gasteiger partial charge in [0.15, 0.2) is 0 Å². The highest BCUT2D eigenvalue weighted by Crippen LogP contribution is 2.31. The molecule has 0 spiro atoms. The zero-order valence-corrected chi connectivity index (χ0v) is 9.39. The minimum absolute atomic E-state index is 0.141. The van der Waals surface area contributed by atoms with Crippen LogP contribution in [0.25, 0.3) is 0 Å². The van der Waals surface area contributed by atoms with E-state index >= 15 is 0 Å². The van der Waals surface area contributed by atoms with Crippen molar-refractivity contribution in [2.45, 2.75) is 32.2 Å². The van der Waals surface area contributed by atoms with Crippen LogP contribution in [0.1, 0.15) is 36.1 Å². The van der Waals surface area contributed by atoms with E-state index in [-0.39, 0.29) is 6.04 Å². The Kier molecular flexibility index (Phi) is 2.43. The van der Waals surface area contributed by atoms with Gasteiger partial charge in [0.2, 0.25) is 0 Å². The highest BCUT2D eigenvalue weighted by atomic mass is 79.9. The van der Waals surface area contributed by atoms with Crippen LogP contribution in [0.2, 0.25) is 0 Å². The van der Waals surface area contributed by atoms with Crippen molar-refractivity contribution in [2.24, 2.45) is 5.73 Å². The molecule has 0 heterocycles. The fourth-order valence-electron chi connectivity index (χ4n) is 1.94. The lowest BCUT2D eigenvalue weighted by Crippen LogP contribution is -2.05. The lowest BCUT2D eigenvalue weighted by Gasteiger charge is -2.10. The Hall–Kier alpha value is -0.340. The van der Waals surface area contributed by atoms with Gasteiger partial charge in [0, 0.05) is 10.5 Å². The molecule has 0 saturated carbocycles. The van der Waals surface area contributed by atoms with Crippen LogP contribution in [-0.2, 0) is 12.8 Å². The van der Waals surface area contributed by atoms with Crippen molar-refractivity contribution in [3.05, 3.63) is 33.3 Å². The first-order valence-corrected chi connectivity index (χ1v) is 5.54. The van der Waals surface area contributed by atoms with E-state index in [9.17, 15) is 0 Å². The van der Waals surface area contributed by atoms with Gasteiger partial charge in [0.1, 0.15) is 0 Å². The van der Waals surface area contributed by atoms with E-state index in [0.717, 1.165) is 0 Å². The minimum Gasteiger partial charge on any atom is -0.324 e. The van der Waals surface area contributed by atoms with Crippen LogP contribution < -0.4 is 5.73 Å². The zero-order valence-electron chi connectivity index (χ0n) is 7.81. The maximum Gasteiger partial charge on any atom is 0.0266 e. The molecule has 1 aliphatic rings. The zero-order chi connectivity index (χ0) is 9.42. The fourth-order valence-corrected chi connectivity index (χ4v) is 2.66. The Morgan fingerprint density at radius 1 is 1.38 bits per heavy atom. The summed E-state index contributed by atoms with van der Waals surface area (Å²) < 4.78 is 1.25. The third kappa shape index (κ3) is 1.65. The monoisotopic (exact) mass is 239 g/mol. The van der Waals surface area contributed by atoms with Gasteiger partial charge in [-0.2, -0.15) is 0 Å². The highest BCUT2D eigenvalue weighted by molar-refractivity contribution is 9.10. The Bertz CT molecular complexity index is 331. The van der Waals surface area contributed by atoms with Crippen LogP contribution in [0.4, 0.5) is 0 Å². The Balaban J connectivity index is 2.49. The van der Waals surface area contributed by atoms with Gasteiger partial charge < -0.3 is 5.73 Å². The number of nitrogens with two attached hydrogens (primary N) is 1. The summed E-state index contributed by atoms with van der Waals surface area (Å²) in [5.74, 6) is 0. The first kappa shape index (κ1) is 9.22. The van der Waals surface area contributed by atoms with E-state index < -0.39 is 0 Å². The molecule has 2 N–H and O–H groups in total. The van der Waals surface area contributed by atoms with Gasteiger partial charge in [-0.3, -0.25) is 0 Å². The molecule has 1 aliphatic carbocycles. The predicted molar refractivity (Wildman–Crippen MR) is 58.8 cm³/mol. The molecule has 0 amide bonds. The second kappa shape index (κ2) is 3.43. The number of benzene rings is 1. The second-order valence-corrected chi connectivity index (χ2v) is 4.64. The number of rotatable bonds is 1. The molecule has 0 unspecified atom stereocenters. The third-order valence-corrected chi connectivity index (χ3v) is 3.42. The van der Waals surface area contributed by atoms with Crippen molar-refractivity contribution in [3.8, 4) is 0 Å². The average molecular weight is 240 g/mol. The summed E-state index contributed by atoms with van der Waals surface area (Å²) in [6, 6.07) is 4.56. The number of hydrogen-bond acceptors (Lipinski definition) is 1. The smallest absolute Gasteiger partial charge is 0.0266 e. The normalized spacial score (nSPS) is 17.2. The molecule has 0 bridgehead atoms. The first-order chi connectivity index (χ1) is 6.18. The van der Waals surface area contributed by atoms with Crippen molar-refractivity contribution in [1.29, 1.82) is 0 Å². The van der Waals surface area contributed by atoms with E-state index in [2.05, 4.69) is 28.1 Å². The molecule has 0 fully saturated rings. The van der Waals surface area contributed by atoms with E-state index in [1.807, 2.05) is 6.92 Å². The number of hydrogen-bond donors (Lipinski definition) is 1. The van der Waals surface area contributed by atoms with Crippen LogP contribution in [0, 0.1) is 0 Å².